The maximum atomic E-state index is 9.85. The number of nitrogens with two attached hydrogens (primary N) is 2. The van der Waals surface area contributed by atoms with Gasteiger partial charge in [0.1, 0.15) is 12.1 Å². The van der Waals surface area contributed by atoms with Gasteiger partial charge in [-0.25, -0.2) is 0 Å². The van der Waals surface area contributed by atoms with Crippen molar-refractivity contribution in [3.05, 3.63) is 0 Å². The Hall–Kier alpha value is -1.43. The molecule has 0 aromatic carbocycles. The van der Waals surface area contributed by atoms with Crippen LogP contribution in [-0.2, 0) is 19.2 Å². The van der Waals surface area contributed by atoms with Crippen molar-refractivity contribution in [1.29, 1.82) is 0 Å². The number of hydrogen-bond acceptors (Lipinski definition) is 6. The third-order valence-corrected chi connectivity index (χ3v) is 1.42. The molecule has 2 atom stereocenters. The molecule has 0 aliphatic rings. The minimum atomic E-state index is -1.29. The van der Waals surface area contributed by atoms with Crippen molar-refractivity contribution in [2.75, 3.05) is 0 Å². The number of hydrogen-bond donors (Lipinski definition) is 6. The summed E-state index contributed by atoms with van der Waals surface area (Å²) in [6.07, 6.45) is -1.06. The van der Waals surface area contributed by atoms with Gasteiger partial charge in [-0.1, -0.05) is 0 Å². The van der Waals surface area contributed by atoms with Crippen molar-refractivity contribution in [2.45, 2.75) is 24.9 Å². The summed E-state index contributed by atoms with van der Waals surface area (Å²) in [5.41, 5.74) is 9.67. The molecule has 0 bridgehead atoms. The fraction of sp³-hybridized carbons (Fsp3) is 0.500. The third-order valence-electron chi connectivity index (χ3n) is 1.42. The molecule has 0 aliphatic carbocycles. The van der Waals surface area contributed by atoms with E-state index in [-0.39, 0.29) is 23.1 Å². The Bertz CT molecular complexity index is 303. The van der Waals surface area contributed by atoms with E-state index in [9.17, 15) is 19.2 Å². The zero-order chi connectivity index (χ0) is 14.9. The van der Waals surface area contributed by atoms with Gasteiger partial charge < -0.3 is 31.9 Å². The molecule has 0 aromatic heterocycles. The summed E-state index contributed by atoms with van der Waals surface area (Å²) in [6, 6.07) is -2.58. The Morgan fingerprint density at radius 3 is 1.00 bits per heavy atom. The van der Waals surface area contributed by atoms with Gasteiger partial charge in [-0.05, 0) is 0 Å². The van der Waals surface area contributed by atoms with Crippen LogP contribution in [0, 0.1) is 0 Å². The molecular weight excluding hydrogens is 276 g/mol. The number of carbonyl (C=O) groups is 4. The monoisotopic (exact) mass is 290 g/mol. The third kappa shape index (κ3) is 16.6. The normalized spacial score (nSPS) is 11.9. The molecule has 0 saturated carbocycles. The summed E-state index contributed by atoms with van der Waals surface area (Å²) < 4.78 is 0. The minimum absolute atomic E-state index is 0. The Kier molecular flexibility index (Phi) is 13.9. The van der Waals surface area contributed by atoms with Crippen molar-refractivity contribution in [1.82, 2.24) is 0 Å². The van der Waals surface area contributed by atoms with Crippen molar-refractivity contribution in [2.24, 2.45) is 11.5 Å². The van der Waals surface area contributed by atoms with Crippen LogP contribution in [0.5, 0.6) is 0 Å². The van der Waals surface area contributed by atoms with Gasteiger partial charge in [-0.3, -0.25) is 19.2 Å². The SMILES string of the molecule is N[C@@H](CC(=O)O)C(=O)O.N[C@@H](CC(=O)O)C(=O)O.[Mg+2]. The van der Waals surface area contributed by atoms with Crippen molar-refractivity contribution >= 4 is 46.9 Å². The van der Waals surface area contributed by atoms with E-state index in [1.807, 2.05) is 0 Å². The molecule has 0 rings (SSSR count). The van der Waals surface area contributed by atoms with E-state index < -0.39 is 48.8 Å². The quantitative estimate of drug-likeness (QED) is 0.281. The van der Waals surface area contributed by atoms with Crippen LogP contribution in [0.25, 0.3) is 0 Å². The van der Waals surface area contributed by atoms with Crippen LogP contribution in [0.2, 0.25) is 0 Å². The molecule has 10 nitrogen and oxygen atoms in total. The molecule has 0 saturated heterocycles. The number of carboxylic acids is 4. The summed E-state index contributed by atoms with van der Waals surface area (Å²) in [5.74, 6) is -5.00. The average Bonchev–Trinajstić information content (AvgIpc) is 2.16. The van der Waals surface area contributed by atoms with Crippen LogP contribution in [0.1, 0.15) is 12.8 Å². The maximum Gasteiger partial charge on any atom is 2.00 e. The smallest absolute Gasteiger partial charge is 0.481 e. The molecule has 11 heteroatoms. The topological polar surface area (TPSA) is 201 Å². The van der Waals surface area contributed by atoms with E-state index in [0.717, 1.165) is 0 Å². The molecule has 0 fully saturated rings. The van der Waals surface area contributed by atoms with Crippen LogP contribution in [0.15, 0.2) is 0 Å². The molecule has 0 radical (unpaired) electrons. The maximum absolute atomic E-state index is 9.85. The van der Waals surface area contributed by atoms with Crippen LogP contribution in [0.3, 0.4) is 0 Å². The Balaban J connectivity index is -0.000000256. The summed E-state index contributed by atoms with van der Waals surface area (Å²) in [5, 5.41) is 32.1. The molecule has 0 unspecified atom stereocenters. The van der Waals surface area contributed by atoms with Gasteiger partial charge in [0.2, 0.25) is 0 Å². The number of rotatable bonds is 6. The first-order valence-corrected chi connectivity index (χ1v) is 4.48. The van der Waals surface area contributed by atoms with E-state index in [1.54, 1.807) is 0 Å². The Labute approximate surface area is 123 Å². The molecular formula is C8H14MgN2O8+2. The molecule has 0 heterocycles. The van der Waals surface area contributed by atoms with E-state index >= 15 is 0 Å². The molecule has 8 N–H and O–H groups in total. The van der Waals surface area contributed by atoms with Crippen molar-refractivity contribution in [3.8, 4) is 0 Å². The summed E-state index contributed by atoms with van der Waals surface area (Å²) in [6.45, 7) is 0. The van der Waals surface area contributed by atoms with Gasteiger partial charge in [0.25, 0.3) is 0 Å². The molecule has 19 heavy (non-hydrogen) atoms. The van der Waals surface area contributed by atoms with Crippen molar-refractivity contribution < 1.29 is 39.6 Å². The molecule has 0 aliphatic heterocycles. The standard InChI is InChI=1S/2C4H7NO4.Mg/c2*5-2(4(8)9)1-3(6)7;/h2*2H,1,5H2,(H,6,7)(H,8,9);/q;;+2/t2*2-;/m00./s1. The predicted molar refractivity (Wildman–Crippen MR) is 61.5 cm³/mol. The van der Waals surface area contributed by atoms with Gasteiger partial charge >= 0.3 is 46.9 Å². The van der Waals surface area contributed by atoms with E-state index in [1.165, 1.54) is 0 Å². The van der Waals surface area contributed by atoms with Crippen LogP contribution >= 0.6 is 0 Å². The van der Waals surface area contributed by atoms with Crippen molar-refractivity contribution in [3.63, 3.8) is 0 Å². The second-order valence-electron chi connectivity index (χ2n) is 3.09. The van der Waals surface area contributed by atoms with Crippen LogP contribution < -0.4 is 11.5 Å². The summed E-state index contributed by atoms with van der Waals surface area (Å²) in [4.78, 5) is 39.2. The number of aliphatic carboxylic acids is 4. The first-order valence-electron chi connectivity index (χ1n) is 4.48. The zero-order valence-electron chi connectivity index (χ0n) is 9.85. The molecule has 0 aromatic rings. The van der Waals surface area contributed by atoms with Gasteiger partial charge in [0.05, 0.1) is 12.8 Å². The van der Waals surface area contributed by atoms with E-state index in [4.69, 9.17) is 31.9 Å². The molecule has 0 spiro atoms. The fourth-order valence-electron chi connectivity index (χ4n) is 0.551. The van der Waals surface area contributed by atoms with Gasteiger partial charge in [0, 0.05) is 0 Å². The first-order chi connectivity index (χ1) is 8.07. The van der Waals surface area contributed by atoms with Crippen LogP contribution in [0.4, 0.5) is 0 Å². The second kappa shape index (κ2) is 11.6. The van der Waals surface area contributed by atoms with Gasteiger partial charge in [0.15, 0.2) is 0 Å². The first kappa shape index (κ1) is 22.7. The summed E-state index contributed by atoms with van der Waals surface area (Å²) >= 11 is 0. The van der Waals surface area contributed by atoms with Gasteiger partial charge in [-0.2, -0.15) is 0 Å². The average molecular weight is 291 g/mol. The Morgan fingerprint density at radius 1 is 0.737 bits per heavy atom. The van der Waals surface area contributed by atoms with E-state index in [2.05, 4.69) is 0 Å². The minimum Gasteiger partial charge on any atom is -0.481 e. The molecule has 104 valence electrons. The fourth-order valence-corrected chi connectivity index (χ4v) is 0.551. The van der Waals surface area contributed by atoms with E-state index in [0.29, 0.717) is 0 Å². The van der Waals surface area contributed by atoms with Crippen LogP contribution in [-0.4, -0.2) is 79.4 Å². The predicted octanol–water partition coefficient (Wildman–Crippen LogP) is -2.63. The Morgan fingerprint density at radius 2 is 0.947 bits per heavy atom. The summed E-state index contributed by atoms with van der Waals surface area (Å²) in [7, 11) is 0. The second-order valence-corrected chi connectivity index (χ2v) is 3.09. The largest absolute Gasteiger partial charge is 2.00 e. The zero-order valence-corrected chi connectivity index (χ0v) is 11.3. The molecule has 0 amide bonds. The van der Waals surface area contributed by atoms with Gasteiger partial charge in [-0.15, -0.1) is 0 Å². The number of carboxylic acid groups (broad SMARTS) is 4.